The first-order chi connectivity index (χ1) is 12.3. The van der Waals surface area contributed by atoms with Gasteiger partial charge in [-0.1, -0.05) is 0 Å². The first-order valence-electron chi connectivity index (χ1n) is 7.65. The molecule has 26 heavy (non-hydrogen) atoms. The predicted octanol–water partition coefficient (Wildman–Crippen LogP) is 2.22. The van der Waals surface area contributed by atoms with E-state index in [0.29, 0.717) is 23.1 Å². The monoisotopic (exact) mass is 370 g/mol. The van der Waals surface area contributed by atoms with Gasteiger partial charge in [-0.3, -0.25) is 0 Å². The Kier molecular flexibility index (Phi) is 4.74. The Balaban J connectivity index is 1.80. The minimum Gasteiger partial charge on any atom is -0.399 e. The number of nitrogen functional groups attached to an aromatic ring is 1. The molecule has 0 unspecified atom stereocenters. The number of sulfonamides is 1. The van der Waals surface area contributed by atoms with Crippen molar-refractivity contribution in [1.82, 2.24) is 9.97 Å². The van der Waals surface area contributed by atoms with Gasteiger partial charge < -0.3 is 16.0 Å². The second-order valence-corrected chi connectivity index (χ2v) is 7.14. The summed E-state index contributed by atoms with van der Waals surface area (Å²) in [7, 11) is -1.83. The molecule has 8 nitrogen and oxygen atoms in total. The van der Waals surface area contributed by atoms with Crippen LogP contribution in [0.25, 0.3) is 0 Å². The SMILES string of the molecule is CN(c1ccc(N)cc1)c1ccnc(Nc2ccc(S(N)(=O)=O)cc2)n1. The third kappa shape index (κ3) is 4.08. The van der Waals surface area contributed by atoms with Gasteiger partial charge in [0.05, 0.1) is 4.90 Å². The van der Waals surface area contributed by atoms with Crippen LogP contribution < -0.4 is 21.1 Å². The maximum atomic E-state index is 11.3. The van der Waals surface area contributed by atoms with E-state index < -0.39 is 10.0 Å². The molecule has 1 aromatic heterocycles. The number of rotatable bonds is 5. The van der Waals surface area contributed by atoms with E-state index in [1.54, 1.807) is 24.4 Å². The molecule has 1 heterocycles. The Hall–Kier alpha value is -3.17. The Labute approximate surface area is 151 Å². The van der Waals surface area contributed by atoms with Crippen molar-refractivity contribution in [3.05, 3.63) is 60.8 Å². The van der Waals surface area contributed by atoms with Gasteiger partial charge in [0.25, 0.3) is 0 Å². The van der Waals surface area contributed by atoms with Gasteiger partial charge in [-0.05, 0) is 54.6 Å². The number of nitrogens with two attached hydrogens (primary N) is 2. The predicted molar refractivity (Wildman–Crippen MR) is 102 cm³/mol. The molecular weight excluding hydrogens is 352 g/mol. The third-order valence-corrected chi connectivity index (χ3v) is 4.63. The fourth-order valence-electron chi connectivity index (χ4n) is 2.28. The van der Waals surface area contributed by atoms with Gasteiger partial charge in [0.15, 0.2) is 0 Å². The lowest BCUT2D eigenvalue weighted by molar-refractivity contribution is 0.598. The minimum atomic E-state index is -3.72. The summed E-state index contributed by atoms with van der Waals surface area (Å²) in [4.78, 5) is 10.6. The topological polar surface area (TPSA) is 127 Å². The highest BCUT2D eigenvalue weighted by Gasteiger charge is 2.09. The van der Waals surface area contributed by atoms with E-state index in [0.717, 1.165) is 5.69 Å². The van der Waals surface area contributed by atoms with Gasteiger partial charge in [0, 0.05) is 30.3 Å². The van der Waals surface area contributed by atoms with Crippen molar-refractivity contribution in [2.45, 2.75) is 4.90 Å². The normalized spacial score (nSPS) is 11.2. The average Bonchev–Trinajstić information content (AvgIpc) is 2.62. The Bertz CT molecular complexity index is 1000. The highest BCUT2D eigenvalue weighted by Crippen LogP contribution is 2.24. The van der Waals surface area contributed by atoms with Crippen LogP contribution in [0.3, 0.4) is 0 Å². The van der Waals surface area contributed by atoms with Crippen LogP contribution in [-0.2, 0) is 10.0 Å². The zero-order valence-corrected chi connectivity index (χ0v) is 14.8. The van der Waals surface area contributed by atoms with E-state index in [9.17, 15) is 8.42 Å². The number of hydrogen-bond donors (Lipinski definition) is 3. The summed E-state index contributed by atoms with van der Waals surface area (Å²) in [5, 5.41) is 8.12. The molecule has 0 bridgehead atoms. The molecule has 0 atom stereocenters. The molecular formula is C17H18N6O2S. The zero-order valence-electron chi connectivity index (χ0n) is 14.0. The van der Waals surface area contributed by atoms with Crippen LogP contribution in [0, 0.1) is 0 Å². The third-order valence-electron chi connectivity index (χ3n) is 3.70. The van der Waals surface area contributed by atoms with Gasteiger partial charge in [0.2, 0.25) is 16.0 Å². The van der Waals surface area contributed by atoms with Gasteiger partial charge in [-0.15, -0.1) is 0 Å². The molecule has 0 saturated heterocycles. The number of anilines is 5. The lowest BCUT2D eigenvalue weighted by atomic mass is 10.2. The Morgan fingerprint density at radius 3 is 2.27 bits per heavy atom. The molecule has 0 fully saturated rings. The van der Waals surface area contributed by atoms with Crippen molar-refractivity contribution in [3.8, 4) is 0 Å². The maximum absolute atomic E-state index is 11.3. The van der Waals surface area contributed by atoms with Crippen LogP contribution in [0.15, 0.2) is 65.7 Å². The number of primary sulfonamides is 1. The second kappa shape index (κ2) is 6.98. The molecule has 3 rings (SSSR count). The summed E-state index contributed by atoms with van der Waals surface area (Å²) in [5.74, 6) is 1.07. The smallest absolute Gasteiger partial charge is 0.238 e. The number of hydrogen-bond acceptors (Lipinski definition) is 7. The highest BCUT2D eigenvalue weighted by molar-refractivity contribution is 7.89. The van der Waals surface area contributed by atoms with Crippen molar-refractivity contribution >= 4 is 38.9 Å². The van der Waals surface area contributed by atoms with Crippen molar-refractivity contribution < 1.29 is 8.42 Å². The second-order valence-electron chi connectivity index (χ2n) is 5.58. The van der Waals surface area contributed by atoms with Gasteiger partial charge in [0.1, 0.15) is 5.82 Å². The van der Waals surface area contributed by atoms with Crippen LogP contribution in [0.1, 0.15) is 0 Å². The zero-order chi connectivity index (χ0) is 18.7. The minimum absolute atomic E-state index is 0.0424. The van der Waals surface area contributed by atoms with Crippen LogP contribution >= 0.6 is 0 Å². The quantitative estimate of drug-likeness (QED) is 0.588. The molecule has 5 N–H and O–H groups in total. The summed E-state index contributed by atoms with van der Waals surface area (Å²) in [6.45, 7) is 0. The van der Waals surface area contributed by atoms with E-state index in [-0.39, 0.29) is 4.90 Å². The summed E-state index contributed by atoms with van der Waals surface area (Å²) >= 11 is 0. The van der Waals surface area contributed by atoms with E-state index in [2.05, 4.69) is 15.3 Å². The van der Waals surface area contributed by atoms with Gasteiger partial charge in [-0.25, -0.2) is 18.5 Å². The molecule has 0 saturated carbocycles. The van der Waals surface area contributed by atoms with E-state index in [1.165, 1.54) is 12.1 Å². The lowest BCUT2D eigenvalue weighted by Crippen LogP contribution is -2.12. The average molecular weight is 370 g/mol. The van der Waals surface area contributed by atoms with Crippen LogP contribution in [0.4, 0.5) is 28.8 Å². The van der Waals surface area contributed by atoms with Crippen LogP contribution in [0.5, 0.6) is 0 Å². The molecule has 0 aliphatic heterocycles. The fourth-order valence-corrected chi connectivity index (χ4v) is 2.80. The first-order valence-corrected chi connectivity index (χ1v) is 9.20. The number of benzene rings is 2. The fraction of sp³-hybridized carbons (Fsp3) is 0.0588. The number of aromatic nitrogens is 2. The van der Waals surface area contributed by atoms with Gasteiger partial charge >= 0.3 is 0 Å². The highest BCUT2D eigenvalue weighted by atomic mass is 32.2. The van der Waals surface area contributed by atoms with E-state index in [4.69, 9.17) is 10.9 Å². The van der Waals surface area contributed by atoms with Crippen molar-refractivity contribution in [2.24, 2.45) is 5.14 Å². The molecule has 0 spiro atoms. The summed E-state index contributed by atoms with van der Waals surface area (Å²) < 4.78 is 22.6. The maximum Gasteiger partial charge on any atom is 0.238 e. The molecule has 3 aromatic rings. The summed E-state index contributed by atoms with van der Waals surface area (Å²) in [6, 6.07) is 15.3. The number of nitrogens with one attached hydrogen (secondary N) is 1. The Morgan fingerprint density at radius 2 is 1.65 bits per heavy atom. The largest absolute Gasteiger partial charge is 0.399 e. The standard InChI is InChI=1S/C17H18N6O2S/c1-23(14-6-2-12(18)3-7-14)16-10-11-20-17(22-16)21-13-4-8-15(9-5-13)26(19,24)25/h2-11H,18H2,1H3,(H2,19,24,25)(H,20,21,22). The van der Waals surface area contributed by atoms with Crippen molar-refractivity contribution in [2.75, 3.05) is 23.0 Å². The van der Waals surface area contributed by atoms with Crippen molar-refractivity contribution in [3.63, 3.8) is 0 Å². The lowest BCUT2D eigenvalue weighted by Gasteiger charge is -2.19. The van der Waals surface area contributed by atoms with Crippen LogP contribution in [-0.4, -0.2) is 25.4 Å². The molecule has 0 aliphatic carbocycles. The summed E-state index contributed by atoms with van der Waals surface area (Å²) in [6.07, 6.45) is 1.64. The van der Waals surface area contributed by atoms with Crippen molar-refractivity contribution in [1.29, 1.82) is 0 Å². The molecule has 0 radical (unpaired) electrons. The van der Waals surface area contributed by atoms with E-state index in [1.807, 2.05) is 36.2 Å². The molecule has 2 aromatic carbocycles. The Morgan fingerprint density at radius 1 is 1.00 bits per heavy atom. The van der Waals surface area contributed by atoms with Crippen LogP contribution in [0.2, 0.25) is 0 Å². The first kappa shape index (κ1) is 17.6. The molecule has 134 valence electrons. The molecule has 0 aliphatic rings. The number of nitrogens with zero attached hydrogens (tertiary/aromatic N) is 3. The molecule has 9 heteroatoms. The summed E-state index contributed by atoms with van der Waals surface area (Å²) in [5.41, 5.74) is 7.98. The van der Waals surface area contributed by atoms with Gasteiger partial charge in [-0.2, -0.15) is 4.98 Å². The molecule has 0 amide bonds. The van der Waals surface area contributed by atoms with E-state index >= 15 is 0 Å².